The number of carbonyl (C=O) groups is 1. The molecule has 1 amide bonds. The highest BCUT2D eigenvalue weighted by Crippen LogP contribution is 2.40. The number of aryl methyl sites for hydroxylation is 1. The molecule has 1 aliphatic rings. The monoisotopic (exact) mass is 272 g/mol. The first kappa shape index (κ1) is 12.2. The molecule has 1 aliphatic carbocycles. The van der Waals surface area contributed by atoms with E-state index >= 15 is 0 Å². The lowest BCUT2D eigenvalue weighted by Crippen LogP contribution is -2.49. The molecule has 0 fully saturated rings. The van der Waals surface area contributed by atoms with Gasteiger partial charge in [0.15, 0.2) is 0 Å². The highest BCUT2D eigenvalue weighted by molar-refractivity contribution is 7.10. The second-order valence-corrected chi connectivity index (χ2v) is 5.87. The van der Waals surface area contributed by atoms with Crippen LogP contribution in [0.3, 0.4) is 0 Å². The Bertz CT molecular complexity index is 593. The number of amides is 1. The molecule has 1 atom stereocenters. The number of carbonyl (C=O) groups excluding carboxylic acids is 1. The first-order valence-corrected chi connectivity index (χ1v) is 7.30. The Labute approximate surface area is 116 Å². The van der Waals surface area contributed by atoms with E-state index < -0.39 is 5.54 Å². The number of benzene rings is 1. The molecule has 0 radical (unpaired) electrons. The SMILES string of the molecule is NC(=O)C1(Nc2ccccc2)CCCc2sccc21. The van der Waals surface area contributed by atoms with Gasteiger partial charge in [-0.05, 0) is 42.8 Å². The first-order valence-electron chi connectivity index (χ1n) is 6.42. The topological polar surface area (TPSA) is 55.1 Å². The fourth-order valence-corrected chi connectivity index (χ4v) is 3.78. The molecule has 1 aromatic carbocycles. The van der Waals surface area contributed by atoms with Gasteiger partial charge in [-0.15, -0.1) is 11.3 Å². The van der Waals surface area contributed by atoms with Gasteiger partial charge in [-0.25, -0.2) is 0 Å². The summed E-state index contributed by atoms with van der Waals surface area (Å²) in [4.78, 5) is 13.4. The number of nitrogens with two attached hydrogens (primary N) is 1. The summed E-state index contributed by atoms with van der Waals surface area (Å²) in [6.07, 6.45) is 2.77. The molecule has 3 rings (SSSR count). The van der Waals surface area contributed by atoms with E-state index in [-0.39, 0.29) is 5.91 Å². The molecule has 3 N–H and O–H groups in total. The van der Waals surface area contributed by atoms with Crippen molar-refractivity contribution >= 4 is 22.9 Å². The first-order chi connectivity index (χ1) is 9.22. The smallest absolute Gasteiger partial charge is 0.247 e. The molecule has 2 aromatic rings. The zero-order valence-electron chi connectivity index (χ0n) is 10.6. The van der Waals surface area contributed by atoms with E-state index in [4.69, 9.17) is 5.73 Å². The normalized spacial score (nSPS) is 21.7. The lowest BCUT2D eigenvalue weighted by molar-refractivity contribution is -0.123. The van der Waals surface area contributed by atoms with Crippen LogP contribution in [-0.2, 0) is 16.8 Å². The van der Waals surface area contributed by atoms with Crippen LogP contribution < -0.4 is 11.1 Å². The quantitative estimate of drug-likeness (QED) is 0.902. The third kappa shape index (κ3) is 2.02. The van der Waals surface area contributed by atoms with E-state index in [1.807, 2.05) is 41.8 Å². The van der Waals surface area contributed by atoms with Gasteiger partial charge in [0.05, 0.1) is 0 Å². The molecular weight excluding hydrogens is 256 g/mol. The highest BCUT2D eigenvalue weighted by atomic mass is 32.1. The Kier molecular flexibility index (Phi) is 3.03. The predicted octanol–water partition coefficient (Wildman–Crippen LogP) is 2.88. The Morgan fingerprint density at radius 3 is 2.79 bits per heavy atom. The van der Waals surface area contributed by atoms with Crippen LogP contribution in [0.1, 0.15) is 23.3 Å². The fourth-order valence-electron chi connectivity index (χ4n) is 2.78. The van der Waals surface area contributed by atoms with Crippen LogP contribution in [0.2, 0.25) is 0 Å². The van der Waals surface area contributed by atoms with Gasteiger partial charge in [0, 0.05) is 16.1 Å². The van der Waals surface area contributed by atoms with Crippen molar-refractivity contribution in [2.45, 2.75) is 24.8 Å². The minimum absolute atomic E-state index is 0.296. The van der Waals surface area contributed by atoms with Gasteiger partial charge in [-0.3, -0.25) is 4.79 Å². The molecule has 4 heteroatoms. The van der Waals surface area contributed by atoms with Crippen molar-refractivity contribution in [2.24, 2.45) is 5.73 Å². The van der Waals surface area contributed by atoms with Crippen LogP contribution in [0.15, 0.2) is 41.8 Å². The average molecular weight is 272 g/mol. The molecule has 3 nitrogen and oxygen atoms in total. The van der Waals surface area contributed by atoms with Crippen LogP contribution in [-0.4, -0.2) is 5.91 Å². The summed E-state index contributed by atoms with van der Waals surface area (Å²) >= 11 is 1.71. The maximum atomic E-state index is 12.1. The molecule has 19 heavy (non-hydrogen) atoms. The van der Waals surface area contributed by atoms with E-state index in [0.717, 1.165) is 30.5 Å². The maximum Gasteiger partial charge on any atom is 0.247 e. The van der Waals surface area contributed by atoms with Crippen molar-refractivity contribution in [1.29, 1.82) is 0 Å². The Morgan fingerprint density at radius 1 is 1.26 bits per heavy atom. The van der Waals surface area contributed by atoms with Gasteiger partial charge < -0.3 is 11.1 Å². The summed E-state index contributed by atoms with van der Waals surface area (Å²) in [6.45, 7) is 0. The van der Waals surface area contributed by atoms with Gasteiger partial charge in [0.2, 0.25) is 5.91 Å². The summed E-state index contributed by atoms with van der Waals surface area (Å²) in [6, 6.07) is 11.8. The van der Waals surface area contributed by atoms with E-state index in [0.29, 0.717) is 0 Å². The number of fused-ring (bicyclic) bond motifs is 1. The molecule has 0 aliphatic heterocycles. The molecule has 0 saturated heterocycles. The number of hydrogen-bond donors (Lipinski definition) is 2. The van der Waals surface area contributed by atoms with Crippen LogP contribution in [0.5, 0.6) is 0 Å². The number of anilines is 1. The van der Waals surface area contributed by atoms with Gasteiger partial charge >= 0.3 is 0 Å². The average Bonchev–Trinajstić information content (AvgIpc) is 2.89. The van der Waals surface area contributed by atoms with Crippen molar-refractivity contribution < 1.29 is 4.79 Å². The van der Waals surface area contributed by atoms with Gasteiger partial charge in [-0.2, -0.15) is 0 Å². The number of thiophene rings is 1. The van der Waals surface area contributed by atoms with Gasteiger partial charge in [0.1, 0.15) is 5.54 Å². The standard InChI is InChI=1S/C15H16N2OS/c16-14(18)15(17-11-5-2-1-3-6-11)9-4-7-13-12(15)8-10-19-13/h1-3,5-6,8,10,17H,4,7,9H2,(H2,16,18). The van der Waals surface area contributed by atoms with Crippen molar-refractivity contribution in [1.82, 2.24) is 0 Å². The number of primary amides is 1. The number of hydrogen-bond acceptors (Lipinski definition) is 3. The second-order valence-electron chi connectivity index (χ2n) is 4.87. The minimum Gasteiger partial charge on any atom is -0.368 e. The fraction of sp³-hybridized carbons (Fsp3) is 0.267. The summed E-state index contributed by atoms with van der Waals surface area (Å²) < 4.78 is 0. The Morgan fingerprint density at radius 2 is 2.05 bits per heavy atom. The molecule has 0 bridgehead atoms. The maximum absolute atomic E-state index is 12.1. The van der Waals surface area contributed by atoms with E-state index in [9.17, 15) is 4.79 Å². The van der Waals surface area contributed by atoms with Crippen molar-refractivity contribution in [3.8, 4) is 0 Å². The van der Waals surface area contributed by atoms with Gasteiger partial charge in [0.25, 0.3) is 0 Å². The molecule has 0 saturated carbocycles. The zero-order chi connectivity index (χ0) is 13.3. The summed E-state index contributed by atoms with van der Waals surface area (Å²) in [5, 5.41) is 5.41. The Balaban J connectivity index is 2.05. The molecular formula is C15H16N2OS. The van der Waals surface area contributed by atoms with Crippen molar-refractivity contribution in [3.05, 3.63) is 52.2 Å². The number of nitrogens with one attached hydrogen (secondary N) is 1. The third-order valence-electron chi connectivity index (χ3n) is 3.71. The van der Waals surface area contributed by atoms with E-state index in [1.54, 1.807) is 11.3 Å². The molecule has 0 spiro atoms. The lowest BCUT2D eigenvalue weighted by Gasteiger charge is -2.36. The lowest BCUT2D eigenvalue weighted by atomic mass is 9.79. The number of para-hydroxylation sites is 1. The van der Waals surface area contributed by atoms with Gasteiger partial charge in [-0.1, -0.05) is 18.2 Å². The second kappa shape index (κ2) is 4.70. The molecule has 1 unspecified atom stereocenters. The largest absolute Gasteiger partial charge is 0.368 e. The van der Waals surface area contributed by atoms with Crippen LogP contribution in [0, 0.1) is 0 Å². The molecule has 98 valence electrons. The molecule has 1 aromatic heterocycles. The predicted molar refractivity (Wildman–Crippen MR) is 78.2 cm³/mol. The van der Waals surface area contributed by atoms with Crippen molar-refractivity contribution in [3.63, 3.8) is 0 Å². The zero-order valence-corrected chi connectivity index (χ0v) is 11.4. The van der Waals surface area contributed by atoms with Crippen molar-refractivity contribution in [2.75, 3.05) is 5.32 Å². The Hall–Kier alpha value is -1.81. The summed E-state index contributed by atoms with van der Waals surface area (Å²) in [7, 11) is 0. The van der Waals surface area contributed by atoms with Crippen LogP contribution in [0.25, 0.3) is 0 Å². The number of rotatable bonds is 3. The summed E-state index contributed by atoms with van der Waals surface area (Å²) in [5.74, 6) is -0.296. The minimum atomic E-state index is -0.755. The highest BCUT2D eigenvalue weighted by Gasteiger charge is 2.42. The van der Waals surface area contributed by atoms with E-state index in [1.165, 1.54) is 4.88 Å². The molecule has 1 heterocycles. The van der Waals surface area contributed by atoms with Crippen LogP contribution in [0.4, 0.5) is 5.69 Å². The summed E-state index contributed by atoms with van der Waals surface area (Å²) in [5.41, 5.74) is 6.96. The third-order valence-corrected chi connectivity index (χ3v) is 4.69. The van der Waals surface area contributed by atoms with Crippen LogP contribution >= 0.6 is 11.3 Å². The van der Waals surface area contributed by atoms with E-state index in [2.05, 4.69) is 5.32 Å².